The minimum absolute atomic E-state index is 0.231. The number of ether oxygens (including phenoxy) is 1. The first-order valence-corrected chi connectivity index (χ1v) is 5.80. The average molecular weight is 247 g/mol. The Morgan fingerprint density at radius 2 is 2.33 bits per heavy atom. The molecular formula is C9H11ClN2O2S. The van der Waals surface area contributed by atoms with Gasteiger partial charge in [0.05, 0.1) is 7.11 Å². The van der Waals surface area contributed by atoms with E-state index in [-0.39, 0.29) is 5.15 Å². The number of rotatable bonds is 3. The quantitative estimate of drug-likeness (QED) is 0.767. The number of carbonyl (C=O) groups excluding carboxylic acids is 1. The number of methoxy groups -OCH3 is 1. The van der Waals surface area contributed by atoms with Crippen LogP contribution in [0.3, 0.4) is 0 Å². The number of hydrogen-bond donors (Lipinski definition) is 0. The van der Waals surface area contributed by atoms with Crippen LogP contribution in [0, 0.1) is 0 Å². The average Bonchev–Trinajstić information content (AvgIpc) is 3.00. The maximum atomic E-state index is 11.3. The third kappa shape index (κ3) is 2.08. The molecule has 0 aliphatic heterocycles. The van der Waals surface area contributed by atoms with Crippen LogP contribution in [-0.4, -0.2) is 31.2 Å². The lowest BCUT2D eigenvalue weighted by molar-refractivity contribution is 0.0606. The summed E-state index contributed by atoms with van der Waals surface area (Å²) >= 11 is 7.14. The maximum absolute atomic E-state index is 11.3. The molecule has 0 radical (unpaired) electrons. The number of halogens is 1. The zero-order valence-corrected chi connectivity index (χ0v) is 10.1. The lowest BCUT2D eigenvalue weighted by Gasteiger charge is -2.13. The normalized spacial score (nSPS) is 15.1. The van der Waals surface area contributed by atoms with E-state index < -0.39 is 5.97 Å². The van der Waals surface area contributed by atoms with Crippen molar-refractivity contribution in [3.05, 3.63) is 10.0 Å². The minimum atomic E-state index is -0.423. The summed E-state index contributed by atoms with van der Waals surface area (Å²) in [6, 6.07) is 0.553. The third-order valence-corrected chi connectivity index (χ3v) is 3.85. The highest BCUT2D eigenvalue weighted by atomic mass is 35.5. The Labute approximate surface area is 96.8 Å². The van der Waals surface area contributed by atoms with Crippen LogP contribution >= 0.6 is 22.9 Å². The van der Waals surface area contributed by atoms with E-state index in [1.165, 1.54) is 31.3 Å². The van der Waals surface area contributed by atoms with Crippen molar-refractivity contribution in [2.24, 2.45) is 0 Å². The molecule has 2 rings (SSSR count). The van der Waals surface area contributed by atoms with Crippen LogP contribution in [0.4, 0.5) is 5.13 Å². The lowest BCUT2D eigenvalue weighted by atomic mass is 10.6. The minimum Gasteiger partial charge on any atom is -0.465 e. The molecule has 1 aromatic heterocycles. The fourth-order valence-electron chi connectivity index (χ4n) is 1.28. The van der Waals surface area contributed by atoms with Crippen molar-refractivity contribution in [2.75, 3.05) is 19.1 Å². The van der Waals surface area contributed by atoms with Gasteiger partial charge in [-0.05, 0) is 12.8 Å². The van der Waals surface area contributed by atoms with Gasteiger partial charge >= 0.3 is 5.97 Å². The summed E-state index contributed by atoms with van der Waals surface area (Å²) in [6.07, 6.45) is 2.36. The van der Waals surface area contributed by atoms with Gasteiger partial charge in [-0.25, -0.2) is 9.78 Å². The first-order chi connectivity index (χ1) is 7.13. The topological polar surface area (TPSA) is 42.4 Å². The van der Waals surface area contributed by atoms with Crippen LogP contribution in [0.25, 0.3) is 0 Å². The molecule has 0 N–H and O–H groups in total. The highest BCUT2D eigenvalue weighted by Gasteiger charge is 2.29. The SMILES string of the molecule is COC(=O)c1sc(N(C)C2CC2)nc1Cl. The third-order valence-electron chi connectivity index (χ3n) is 2.34. The Kier molecular flexibility index (Phi) is 2.84. The summed E-state index contributed by atoms with van der Waals surface area (Å²) in [5, 5.41) is 1.01. The molecule has 6 heteroatoms. The van der Waals surface area contributed by atoms with Crippen molar-refractivity contribution >= 4 is 34.0 Å². The Balaban J connectivity index is 2.23. The molecule has 82 valence electrons. The molecule has 1 aliphatic carbocycles. The standard InChI is InChI=1S/C9H11ClN2O2S/c1-12(5-3-4-5)9-11-7(10)6(15-9)8(13)14-2/h5H,3-4H2,1-2H3. The van der Waals surface area contributed by atoms with Crippen molar-refractivity contribution in [3.63, 3.8) is 0 Å². The molecule has 15 heavy (non-hydrogen) atoms. The molecule has 1 fully saturated rings. The van der Waals surface area contributed by atoms with Crippen LogP contribution in [0.5, 0.6) is 0 Å². The van der Waals surface area contributed by atoms with Crippen LogP contribution < -0.4 is 4.90 Å². The number of esters is 1. The molecule has 1 aromatic rings. The Morgan fingerprint density at radius 3 is 2.87 bits per heavy atom. The molecule has 0 amide bonds. The molecule has 4 nitrogen and oxygen atoms in total. The summed E-state index contributed by atoms with van der Waals surface area (Å²) < 4.78 is 4.61. The highest BCUT2D eigenvalue weighted by Crippen LogP contribution is 2.35. The largest absolute Gasteiger partial charge is 0.465 e. The van der Waals surface area contributed by atoms with Crippen molar-refractivity contribution in [1.82, 2.24) is 4.98 Å². The number of hydrogen-bond acceptors (Lipinski definition) is 5. The van der Waals surface area contributed by atoms with Gasteiger partial charge < -0.3 is 9.64 Å². The fourth-order valence-corrected chi connectivity index (χ4v) is 2.51. The van der Waals surface area contributed by atoms with E-state index in [1.54, 1.807) is 0 Å². The van der Waals surface area contributed by atoms with Gasteiger partial charge in [-0.2, -0.15) is 0 Å². The first-order valence-electron chi connectivity index (χ1n) is 4.61. The molecule has 0 unspecified atom stereocenters. The van der Waals surface area contributed by atoms with E-state index in [0.29, 0.717) is 10.9 Å². The summed E-state index contributed by atoms with van der Waals surface area (Å²) in [4.78, 5) is 17.9. The van der Waals surface area contributed by atoms with Gasteiger partial charge in [-0.15, -0.1) is 0 Å². The van der Waals surface area contributed by atoms with Gasteiger partial charge in [0.1, 0.15) is 0 Å². The predicted octanol–water partition coefficient (Wildman–Crippen LogP) is 2.18. The zero-order chi connectivity index (χ0) is 11.0. The smallest absolute Gasteiger partial charge is 0.351 e. The maximum Gasteiger partial charge on any atom is 0.351 e. The Bertz CT molecular complexity index is 389. The van der Waals surface area contributed by atoms with Crippen molar-refractivity contribution in [1.29, 1.82) is 0 Å². The summed E-state index contributed by atoms with van der Waals surface area (Å²) in [7, 11) is 3.30. The van der Waals surface area contributed by atoms with Crippen LogP contribution in [0.2, 0.25) is 5.15 Å². The molecule has 0 atom stereocenters. The molecule has 1 heterocycles. The van der Waals surface area contributed by atoms with E-state index in [4.69, 9.17) is 11.6 Å². The molecule has 0 aromatic carbocycles. The Morgan fingerprint density at radius 1 is 1.67 bits per heavy atom. The second-order valence-electron chi connectivity index (χ2n) is 3.45. The van der Waals surface area contributed by atoms with Crippen molar-refractivity contribution < 1.29 is 9.53 Å². The second kappa shape index (κ2) is 3.98. The molecule has 0 bridgehead atoms. The summed E-state index contributed by atoms with van der Waals surface area (Å²) in [5.41, 5.74) is 0. The number of nitrogens with zero attached hydrogens (tertiary/aromatic N) is 2. The van der Waals surface area contributed by atoms with Crippen LogP contribution in [-0.2, 0) is 4.74 Å². The molecule has 1 saturated carbocycles. The molecular weight excluding hydrogens is 236 g/mol. The molecule has 1 aliphatic rings. The van der Waals surface area contributed by atoms with E-state index in [9.17, 15) is 4.79 Å². The highest BCUT2D eigenvalue weighted by molar-refractivity contribution is 7.18. The van der Waals surface area contributed by atoms with Crippen LogP contribution in [0.15, 0.2) is 0 Å². The summed E-state index contributed by atoms with van der Waals surface area (Å²) in [5.74, 6) is -0.423. The summed E-state index contributed by atoms with van der Waals surface area (Å²) in [6.45, 7) is 0. The Hall–Kier alpha value is -0.810. The van der Waals surface area contributed by atoms with E-state index in [0.717, 1.165) is 5.13 Å². The van der Waals surface area contributed by atoms with Gasteiger partial charge in [0.2, 0.25) is 0 Å². The number of carbonyl (C=O) groups is 1. The predicted molar refractivity (Wildman–Crippen MR) is 59.9 cm³/mol. The van der Waals surface area contributed by atoms with Crippen molar-refractivity contribution in [2.45, 2.75) is 18.9 Å². The molecule has 0 spiro atoms. The van der Waals surface area contributed by atoms with Gasteiger partial charge in [0.15, 0.2) is 15.2 Å². The van der Waals surface area contributed by atoms with E-state index >= 15 is 0 Å². The second-order valence-corrected chi connectivity index (χ2v) is 4.79. The molecule has 0 saturated heterocycles. The van der Waals surface area contributed by atoms with Gasteiger partial charge in [0.25, 0.3) is 0 Å². The van der Waals surface area contributed by atoms with E-state index in [1.807, 2.05) is 7.05 Å². The number of aromatic nitrogens is 1. The van der Waals surface area contributed by atoms with Gasteiger partial charge in [-0.1, -0.05) is 22.9 Å². The van der Waals surface area contributed by atoms with E-state index in [2.05, 4.69) is 14.6 Å². The monoisotopic (exact) mass is 246 g/mol. The number of thiazole rings is 1. The van der Waals surface area contributed by atoms with Gasteiger partial charge in [-0.3, -0.25) is 0 Å². The van der Waals surface area contributed by atoms with Crippen LogP contribution in [0.1, 0.15) is 22.5 Å². The van der Waals surface area contributed by atoms with Crippen molar-refractivity contribution in [3.8, 4) is 0 Å². The van der Waals surface area contributed by atoms with Gasteiger partial charge in [0, 0.05) is 13.1 Å². The number of anilines is 1. The lowest BCUT2D eigenvalue weighted by Crippen LogP contribution is -2.18. The zero-order valence-electron chi connectivity index (χ0n) is 8.49. The first kappa shape index (κ1) is 10.7. The fraction of sp³-hybridized carbons (Fsp3) is 0.556.